The summed E-state index contributed by atoms with van der Waals surface area (Å²) in [5, 5.41) is 0.999. The number of H-pyrrole nitrogens is 1. The Labute approximate surface area is 213 Å². The van der Waals surface area contributed by atoms with Crippen LogP contribution < -0.4 is 24.7 Å². The zero-order chi connectivity index (χ0) is 25.2. The molecule has 1 atom stereocenters. The van der Waals surface area contributed by atoms with Crippen LogP contribution in [0.4, 0.5) is 5.95 Å². The Balaban J connectivity index is 1.59. The minimum absolute atomic E-state index is 0.0499. The van der Waals surface area contributed by atoms with Crippen molar-refractivity contribution in [2.75, 3.05) is 32.8 Å². The zero-order valence-corrected chi connectivity index (χ0v) is 21.1. The summed E-state index contributed by atoms with van der Waals surface area (Å²) in [4.78, 5) is 27.2. The van der Waals surface area contributed by atoms with Gasteiger partial charge in [0, 0.05) is 25.0 Å². The topological polar surface area (TPSA) is 89.6 Å². The van der Waals surface area contributed by atoms with E-state index in [0.29, 0.717) is 45.7 Å². The molecule has 5 rings (SSSR count). The molecule has 1 aliphatic rings. The number of rotatable bonds is 7. The van der Waals surface area contributed by atoms with Crippen molar-refractivity contribution in [2.24, 2.45) is 0 Å². The lowest BCUT2D eigenvalue weighted by Crippen LogP contribution is -2.38. The van der Waals surface area contributed by atoms with Crippen LogP contribution in [0.5, 0.6) is 17.2 Å². The molecule has 4 aromatic rings. The summed E-state index contributed by atoms with van der Waals surface area (Å²) in [7, 11) is 4.73. The van der Waals surface area contributed by atoms with E-state index in [-0.39, 0.29) is 11.6 Å². The van der Waals surface area contributed by atoms with Gasteiger partial charge in [0.15, 0.2) is 11.5 Å². The van der Waals surface area contributed by atoms with E-state index >= 15 is 0 Å². The third-order valence-corrected chi connectivity index (χ3v) is 7.00. The van der Waals surface area contributed by atoms with E-state index in [0.717, 1.165) is 24.8 Å². The number of anilines is 1. The van der Waals surface area contributed by atoms with Crippen LogP contribution in [0.15, 0.2) is 53.6 Å². The Morgan fingerprint density at radius 1 is 1.03 bits per heavy atom. The van der Waals surface area contributed by atoms with Crippen molar-refractivity contribution in [2.45, 2.75) is 25.3 Å². The second-order valence-corrected chi connectivity index (χ2v) is 9.06. The fourth-order valence-corrected chi connectivity index (χ4v) is 5.13. The van der Waals surface area contributed by atoms with Crippen molar-refractivity contribution in [3.63, 3.8) is 0 Å². The molecule has 2 aromatic heterocycles. The quantitative estimate of drug-likeness (QED) is 0.387. The SMILES string of the molecule is COc1cc2c(cc1Cl)C(CCc1ccncc1)N(c1nc(=O)c3cc(OC)c(OC)cc3[nH]1)CC2. The number of fused-ring (bicyclic) bond motifs is 2. The number of ether oxygens (including phenoxy) is 3. The molecule has 0 spiro atoms. The van der Waals surface area contributed by atoms with Crippen LogP contribution in [-0.4, -0.2) is 42.8 Å². The number of benzene rings is 2. The smallest absolute Gasteiger partial charge is 0.282 e. The molecule has 9 heteroatoms. The van der Waals surface area contributed by atoms with Crippen LogP contribution >= 0.6 is 11.6 Å². The van der Waals surface area contributed by atoms with Gasteiger partial charge in [0.2, 0.25) is 5.95 Å². The molecule has 2 aromatic carbocycles. The highest BCUT2D eigenvalue weighted by Gasteiger charge is 2.30. The molecule has 186 valence electrons. The van der Waals surface area contributed by atoms with Crippen molar-refractivity contribution < 1.29 is 14.2 Å². The van der Waals surface area contributed by atoms with E-state index < -0.39 is 0 Å². The van der Waals surface area contributed by atoms with Crippen molar-refractivity contribution in [3.8, 4) is 17.2 Å². The lowest BCUT2D eigenvalue weighted by Gasteiger charge is -2.38. The first kappa shape index (κ1) is 23.9. The highest BCUT2D eigenvalue weighted by atomic mass is 35.5. The van der Waals surface area contributed by atoms with Crippen LogP contribution in [0.3, 0.4) is 0 Å². The van der Waals surface area contributed by atoms with E-state index in [1.807, 2.05) is 24.3 Å². The predicted molar refractivity (Wildman–Crippen MR) is 140 cm³/mol. The van der Waals surface area contributed by atoms with Gasteiger partial charge in [-0.1, -0.05) is 11.6 Å². The average Bonchev–Trinajstić information content (AvgIpc) is 2.91. The van der Waals surface area contributed by atoms with Crippen LogP contribution in [0, 0.1) is 0 Å². The lowest BCUT2D eigenvalue weighted by atomic mass is 9.89. The molecule has 1 N–H and O–H groups in total. The van der Waals surface area contributed by atoms with Gasteiger partial charge in [0.1, 0.15) is 5.75 Å². The second kappa shape index (κ2) is 10.1. The summed E-state index contributed by atoms with van der Waals surface area (Å²) in [6.45, 7) is 0.681. The molecular formula is C27H27ClN4O4. The van der Waals surface area contributed by atoms with Gasteiger partial charge in [-0.3, -0.25) is 9.78 Å². The molecule has 0 saturated carbocycles. The Hall–Kier alpha value is -3.78. The van der Waals surface area contributed by atoms with Gasteiger partial charge in [-0.2, -0.15) is 4.98 Å². The minimum atomic E-state index is -0.328. The predicted octanol–water partition coefficient (Wildman–Crippen LogP) is 4.73. The van der Waals surface area contributed by atoms with Gasteiger partial charge >= 0.3 is 0 Å². The van der Waals surface area contributed by atoms with Gasteiger partial charge in [-0.15, -0.1) is 0 Å². The van der Waals surface area contributed by atoms with E-state index in [4.69, 9.17) is 25.8 Å². The van der Waals surface area contributed by atoms with Crippen LogP contribution in [0.2, 0.25) is 5.02 Å². The Morgan fingerprint density at radius 3 is 2.47 bits per heavy atom. The van der Waals surface area contributed by atoms with Crippen molar-refractivity contribution in [1.29, 1.82) is 0 Å². The molecule has 1 aliphatic heterocycles. The average molecular weight is 507 g/mol. The van der Waals surface area contributed by atoms with E-state index in [9.17, 15) is 4.79 Å². The lowest BCUT2D eigenvalue weighted by molar-refractivity contribution is 0.355. The number of nitrogens with one attached hydrogen (secondary N) is 1. The minimum Gasteiger partial charge on any atom is -0.495 e. The van der Waals surface area contributed by atoms with Gasteiger partial charge in [0.25, 0.3) is 5.56 Å². The summed E-state index contributed by atoms with van der Waals surface area (Å²) < 4.78 is 16.3. The fourth-order valence-electron chi connectivity index (χ4n) is 4.88. The Morgan fingerprint density at radius 2 is 1.75 bits per heavy atom. The molecule has 8 nitrogen and oxygen atoms in total. The molecule has 1 unspecified atom stereocenters. The molecule has 0 aliphatic carbocycles. The van der Waals surface area contributed by atoms with E-state index in [2.05, 4.69) is 19.9 Å². The summed E-state index contributed by atoms with van der Waals surface area (Å²) in [6.07, 6.45) is 5.99. The largest absolute Gasteiger partial charge is 0.495 e. The fraction of sp³-hybridized carbons (Fsp3) is 0.296. The first-order valence-electron chi connectivity index (χ1n) is 11.7. The molecule has 36 heavy (non-hydrogen) atoms. The number of methoxy groups -OCH3 is 3. The summed E-state index contributed by atoms with van der Waals surface area (Å²) in [6, 6.07) is 11.4. The molecule has 0 amide bonds. The molecular weight excluding hydrogens is 480 g/mol. The maximum absolute atomic E-state index is 13.1. The van der Waals surface area contributed by atoms with Crippen molar-refractivity contribution >= 4 is 28.5 Å². The first-order valence-corrected chi connectivity index (χ1v) is 12.1. The normalized spacial score (nSPS) is 15.0. The van der Waals surface area contributed by atoms with Gasteiger partial charge in [-0.25, -0.2) is 0 Å². The number of pyridine rings is 1. The number of hydrogen-bond acceptors (Lipinski definition) is 7. The van der Waals surface area contributed by atoms with E-state index in [1.54, 1.807) is 45.9 Å². The standard InChI is InChI=1S/C27H27ClN4O4/c1-34-23-12-17-8-11-32(22(18(17)13-20(23)28)5-4-16-6-9-29-10-7-16)27-30-21-15-25(36-3)24(35-2)14-19(21)26(33)31-27/h6-7,9-10,12-15,22H,4-5,8,11H2,1-3H3,(H,30,31,33). The highest BCUT2D eigenvalue weighted by Crippen LogP contribution is 2.40. The zero-order valence-electron chi connectivity index (χ0n) is 20.4. The third kappa shape index (κ3) is 4.44. The van der Waals surface area contributed by atoms with Gasteiger partial charge < -0.3 is 24.1 Å². The Bertz CT molecular complexity index is 1460. The summed E-state index contributed by atoms with van der Waals surface area (Å²) in [5.41, 5.74) is 3.78. The number of nitrogens with zero attached hydrogens (tertiary/aromatic N) is 3. The highest BCUT2D eigenvalue weighted by molar-refractivity contribution is 6.32. The van der Waals surface area contributed by atoms with Gasteiger partial charge in [-0.05, 0) is 66.3 Å². The number of halogens is 1. The molecule has 0 bridgehead atoms. The first-order chi connectivity index (χ1) is 17.5. The number of aromatic amines is 1. The van der Waals surface area contributed by atoms with Crippen LogP contribution in [-0.2, 0) is 12.8 Å². The number of hydrogen-bond donors (Lipinski definition) is 1. The van der Waals surface area contributed by atoms with Gasteiger partial charge in [0.05, 0.1) is 43.3 Å². The van der Waals surface area contributed by atoms with Crippen LogP contribution in [0.1, 0.15) is 29.2 Å². The van der Waals surface area contributed by atoms with Crippen molar-refractivity contribution in [1.82, 2.24) is 15.0 Å². The number of aryl methyl sites for hydroxylation is 1. The molecule has 0 fully saturated rings. The van der Waals surface area contributed by atoms with E-state index in [1.165, 1.54) is 11.1 Å². The third-order valence-electron chi connectivity index (χ3n) is 6.71. The molecule has 0 saturated heterocycles. The summed E-state index contributed by atoms with van der Waals surface area (Å²) in [5.74, 6) is 2.19. The second-order valence-electron chi connectivity index (χ2n) is 8.66. The summed E-state index contributed by atoms with van der Waals surface area (Å²) >= 11 is 6.55. The van der Waals surface area contributed by atoms with Crippen LogP contribution in [0.25, 0.3) is 10.9 Å². The molecule has 3 heterocycles. The number of aromatic nitrogens is 3. The molecule has 0 radical (unpaired) electrons. The maximum Gasteiger partial charge on any atom is 0.282 e. The van der Waals surface area contributed by atoms with Crippen molar-refractivity contribution in [3.05, 3.63) is 80.9 Å². The maximum atomic E-state index is 13.1. The Kier molecular flexibility index (Phi) is 6.69. The monoisotopic (exact) mass is 506 g/mol.